The molecule has 0 aliphatic carbocycles. The van der Waals surface area contributed by atoms with Crippen molar-refractivity contribution in [2.45, 2.75) is 6.54 Å². The topological polar surface area (TPSA) is 68.2 Å². The lowest BCUT2D eigenvalue weighted by atomic mass is 10.1. The Morgan fingerprint density at radius 1 is 1.00 bits per heavy atom. The number of nitrogens with one attached hydrogen (secondary N) is 1. The molecule has 0 saturated carbocycles. The summed E-state index contributed by atoms with van der Waals surface area (Å²) in [5.74, 6) is 0.641. The lowest BCUT2D eigenvalue weighted by molar-refractivity contribution is 0.230. The van der Waals surface area contributed by atoms with Crippen LogP contribution in [0.2, 0.25) is 5.02 Å². The van der Waals surface area contributed by atoms with Crippen molar-refractivity contribution in [1.82, 2.24) is 24.6 Å². The molecule has 0 spiro atoms. The molecular formula is C26H25Cl2N5O2. The van der Waals surface area contributed by atoms with Gasteiger partial charge in [-0.3, -0.25) is 18.9 Å². The lowest BCUT2D eigenvalue weighted by Crippen LogP contribution is -2.44. The van der Waals surface area contributed by atoms with Crippen LogP contribution in [0.25, 0.3) is 38.9 Å². The monoisotopic (exact) mass is 509 g/mol. The highest BCUT2D eigenvalue weighted by Crippen LogP contribution is 2.27. The first-order valence-electron chi connectivity index (χ1n) is 11.5. The fourth-order valence-electron chi connectivity index (χ4n) is 4.57. The van der Waals surface area contributed by atoms with Crippen molar-refractivity contribution in [3.05, 3.63) is 82.4 Å². The maximum absolute atomic E-state index is 13.3. The predicted molar refractivity (Wildman–Crippen MR) is 142 cm³/mol. The summed E-state index contributed by atoms with van der Waals surface area (Å²) < 4.78 is 9.64. The van der Waals surface area contributed by atoms with Crippen molar-refractivity contribution < 1.29 is 4.42 Å². The molecule has 0 bridgehead atoms. The zero-order chi connectivity index (χ0) is 23.1. The first-order valence-corrected chi connectivity index (χ1v) is 11.8. The number of rotatable bonds is 5. The Bertz CT molecular complexity index is 1530. The van der Waals surface area contributed by atoms with E-state index in [-0.39, 0.29) is 18.0 Å². The van der Waals surface area contributed by atoms with Gasteiger partial charge in [0.25, 0.3) is 5.56 Å². The number of benzene rings is 2. The van der Waals surface area contributed by atoms with E-state index >= 15 is 0 Å². The number of nitrogens with zero attached hydrogens (tertiary/aromatic N) is 4. The van der Waals surface area contributed by atoms with Crippen LogP contribution in [0, 0.1) is 0 Å². The zero-order valence-electron chi connectivity index (χ0n) is 19.0. The molecule has 35 heavy (non-hydrogen) atoms. The summed E-state index contributed by atoms with van der Waals surface area (Å²) in [4.78, 5) is 15.8. The van der Waals surface area contributed by atoms with Gasteiger partial charge in [0, 0.05) is 60.6 Å². The first-order chi connectivity index (χ1) is 16.7. The van der Waals surface area contributed by atoms with Gasteiger partial charge in [-0.15, -0.1) is 12.4 Å². The van der Waals surface area contributed by atoms with Crippen LogP contribution < -0.4 is 10.9 Å². The summed E-state index contributed by atoms with van der Waals surface area (Å²) >= 11 is 5.99. The van der Waals surface area contributed by atoms with Gasteiger partial charge in [-0.05, 0) is 54.6 Å². The molecule has 0 amide bonds. The SMILES string of the molecule is Cl.O=c1c2cc(-c3ccc(Cl)cc3)oc2ccn1-c1ccc2c(cnn2CCN2CCNCC2)c1. The van der Waals surface area contributed by atoms with Gasteiger partial charge < -0.3 is 9.73 Å². The van der Waals surface area contributed by atoms with Crippen LogP contribution >= 0.6 is 24.0 Å². The molecule has 3 aromatic heterocycles. The molecule has 1 fully saturated rings. The maximum atomic E-state index is 13.3. The average Bonchev–Trinajstić information content (AvgIpc) is 3.48. The van der Waals surface area contributed by atoms with Crippen molar-refractivity contribution >= 4 is 45.9 Å². The molecule has 2 aromatic carbocycles. The zero-order valence-corrected chi connectivity index (χ0v) is 20.6. The molecule has 0 atom stereocenters. The third kappa shape index (κ3) is 4.60. The predicted octanol–water partition coefficient (Wildman–Crippen LogP) is 4.58. The second-order valence-electron chi connectivity index (χ2n) is 8.59. The molecule has 1 aliphatic heterocycles. The molecular weight excluding hydrogens is 485 g/mol. The molecule has 180 valence electrons. The minimum absolute atomic E-state index is 0. The van der Waals surface area contributed by atoms with E-state index in [9.17, 15) is 4.79 Å². The Balaban J connectivity index is 0.00000253. The van der Waals surface area contributed by atoms with Crippen LogP contribution in [-0.4, -0.2) is 52.0 Å². The smallest absolute Gasteiger partial charge is 0.266 e. The van der Waals surface area contributed by atoms with E-state index in [2.05, 4.69) is 15.3 Å². The summed E-state index contributed by atoms with van der Waals surface area (Å²) in [6.45, 7) is 6.05. The summed E-state index contributed by atoms with van der Waals surface area (Å²) in [6.07, 6.45) is 3.63. The summed E-state index contributed by atoms with van der Waals surface area (Å²) in [7, 11) is 0. The average molecular weight is 510 g/mol. The maximum Gasteiger partial charge on any atom is 0.266 e. The Labute approximate surface area is 213 Å². The first kappa shape index (κ1) is 23.6. The number of fused-ring (bicyclic) bond motifs is 2. The molecule has 7 nitrogen and oxygen atoms in total. The minimum atomic E-state index is -0.119. The van der Waals surface area contributed by atoms with Crippen LogP contribution in [0.3, 0.4) is 0 Å². The molecule has 5 aromatic rings. The van der Waals surface area contributed by atoms with Gasteiger partial charge in [0.2, 0.25) is 0 Å². The van der Waals surface area contributed by atoms with Gasteiger partial charge in [-0.25, -0.2) is 0 Å². The molecule has 9 heteroatoms. The number of furan rings is 1. The number of pyridine rings is 1. The Kier molecular flexibility index (Phi) is 6.67. The van der Waals surface area contributed by atoms with Gasteiger partial charge in [-0.1, -0.05) is 11.6 Å². The van der Waals surface area contributed by atoms with Crippen LogP contribution in [-0.2, 0) is 6.54 Å². The molecule has 0 radical (unpaired) electrons. The van der Waals surface area contributed by atoms with E-state index in [0.29, 0.717) is 21.8 Å². The van der Waals surface area contributed by atoms with Gasteiger partial charge >= 0.3 is 0 Å². The van der Waals surface area contributed by atoms with E-state index < -0.39 is 0 Å². The van der Waals surface area contributed by atoms with Crippen molar-refractivity contribution in [1.29, 1.82) is 0 Å². The van der Waals surface area contributed by atoms with E-state index in [0.717, 1.165) is 61.4 Å². The van der Waals surface area contributed by atoms with Crippen LogP contribution in [0.1, 0.15) is 0 Å². The Morgan fingerprint density at radius 2 is 1.80 bits per heavy atom. The number of aromatic nitrogens is 3. The third-order valence-electron chi connectivity index (χ3n) is 6.45. The quantitative estimate of drug-likeness (QED) is 0.375. The molecule has 6 rings (SSSR count). The van der Waals surface area contributed by atoms with Crippen LogP contribution in [0.4, 0.5) is 0 Å². The summed E-state index contributed by atoms with van der Waals surface area (Å²) in [5.41, 5.74) is 3.19. The van der Waals surface area contributed by atoms with E-state index in [4.69, 9.17) is 16.0 Å². The molecule has 4 heterocycles. The number of hydrogen-bond donors (Lipinski definition) is 1. The highest BCUT2D eigenvalue weighted by molar-refractivity contribution is 6.30. The van der Waals surface area contributed by atoms with Gasteiger partial charge in [0.15, 0.2) is 0 Å². The number of piperazine rings is 1. The van der Waals surface area contributed by atoms with Crippen molar-refractivity contribution in [2.75, 3.05) is 32.7 Å². The normalized spacial score (nSPS) is 14.4. The highest BCUT2D eigenvalue weighted by atomic mass is 35.5. The van der Waals surface area contributed by atoms with Gasteiger partial charge in [0.05, 0.1) is 23.6 Å². The fraction of sp³-hybridized carbons (Fsp3) is 0.231. The van der Waals surface area contributed by atoms with Crippen molar-refractivity contribution in [3.8, 4) is 17.0 Å². The van der Waals surface area contributed by atoms with E-state index in [1.165, 1.54) is 0 Å². The van der Waals surface area contributed by atoms with E-state index in [1.54, 1.807) is 16.8 Å². The Morgan fingerprint density at radius 3 is 2.60 bits per heavy atom. The molecule has 1 saturated heterocycles. The van der Waals surface area contributed by atoms with Gasteiger partial charge in [-0.2, -0.15) is 5.10 Å². The second-order valence-corrected chi connectivity index (χ2v) is 9.03. The number of halogens is 2. The van der Waals surface area contributed by atoms with Crippen molar-refractivity contribution in [3.63, 3.8) is 0 Å². The highest BCUT2D eigenvalue weighted by Gasteiger charge is 2.14. The fourth-order valence-corrected chi connectivity index (χ4v) is 4.69. The minimum Gasteiger partial charge on any atom is -0.456 e. The lowest BCUT2D eigenvalue weighted by Gasteiger charge is -2.27. The Hall–Kier alpha value is -3.10. The number of hydrogen-bond acceptors (Lipinski definition) is 5. The van der Waals surface area contributed by atoms with Gasteiger partial charge in [0.1, 0.15) is 11.3 Å². The molecule has 0 unspecified atom stereocenters. The third-order valence-corrected chi connectivity index (χ3v) is 6.71. The molecule has 1 N–H and O–H groups in total. The van der Waals surface area contributed by atoms with Crippen LogP contribution in [0.15, 0.2) is 76.2 Å². The largest absolute Gasteiger partial charge is 0.456 e. The van der Waals surface area contributed by atoms with E-state index in [1.807, 2.05) is 59.4 Å². The molecule has 1 aliphatic rings. The standard InChI is InChI=1S/C26H24ClN5O2.ClH/c27-20-3-1-18(2-4-20)25-16-22-24(34-25)7-10-31(26(22)33)21-5-6-23-19(15-21)17-29-32(23)14-13-30-11-8-28-9-12-30;/h1-7,10,15-17,28H,8-9,11-14H2;1H. The summed E-state index contributed by atoms with van der Waals surface area (Å²) in [6, 6.07) is 17.0. The second kappa shape index (κ2) is 9.87. The van der Waals surface area contributed by atoms with Crippen LogP contribution in [0.5, 0.6) is 0 Å². The van der Waals surface area contributed by atoms with Crippen molar-refractivity contribution in [2.24, 2.45) is 0 Å². The summed E-state index contributed by atoms with van der Waals surface area (Å²) in [5, 5.41) is 10.2.